The van der Waals surface area contributed by atoms with E-state index in [1.165, 1.54) is 5.69 Å². The average molecular weight is 506 g/mol. The molecule has 0 atom stereocenters. The van der Waals surface area contributed by atoms with Crippen molar-refractivity contribution in [2.45, 2.75) is 26.3 Å². The molecule has 0 unspecified atom stereocenters. The molecule has 36 heavy (non-hydrogen) atoms. The number of piperazine rings is 1. The molecule has 1 saturated heterocycles. The molecule has 4 aromatic rings. The Morgan fingerprint density at radius 3 is 2.44 bits per heavy atom. The van der Waals surface area contributed by atoms with Crippen LogP contribution in [-0.2, 0) is 0 Å². The lowest BCUT2D eigenvalue weighted by molar-refractivity contribution is 0.259. The molecule has 3 aromatic heterocycles. The maximum absolute atomic E-state index is 5.84. The van der Waals surface area contributed by atoms with Gasteiger partial charge < -0.3 is 15.5 Å². The molecule has 0 spiro atoms. The van der Waals surface area contributed by atoms with Gasteiger partial charge in [-0.3, -0.25) is 14.5 Å². The highest BCUT2D eigenvalue weighted by atomic mass is 35.5. The van der Waals surface area contributed by atoms with E-state index in [2.05, 4.69) is 73.1 Å². The van der Waals surface area contributed by atoms with Crippen LogP contribution >= 0.6 is 11.6 Å². The maximum atomic E-state index is 5.84. The third-order valence-electron chi connectivity index (χ3n) is 6.34. The first-order chi connectivity index (χ1) is 17.6. The summed E-state index contributed by atoms with van der Waals surface area (Å²) in [6.45, 7) is 9.52. The van der Waals surface area contributed by atoms with Crippen molar-refractivity contribution in [2.24, 2.45) is 0 Å². The second kappa shape index (κ2) is 11.1. The van der Waals surface area contributed by atoms with Crippen molar-refractivity contribution in [3.63, 3.8) is 0 Å². The zero-order chi connectivity index (χ0) is 24.9. The Morgan fingerprint density at radius 1 is 0.944 bits per heavy atom. The van der Waals surface area contributed by atoms with Crippen molar-refractivity contribution in [2.75, 3.05) is 54.1 Å². The van der Waals surface area contributed by atoms with Gasteiger partial charge in [-0.15, -0.1) is 11.6 Å². The van der Waals surface area contributed by atoms with Crippen LogP contribution in [0.4, 0.5) is 29.0 Å². The van der Waals surface area contributed by atoms with Crippen LogP contribution in [0.3, 0.4) is 0 Å². The third-order valence-corrected chi connectivity index (χ3v) is 6.60. The molecule has 1 aliphatic heterocycles. The Kier molecular flexibility index (Phi) is 7.48. The number of rotatable bonds is 9. The zero-order valence-electron chi connectivity index (χ0n) is 20.7. The second-order valence-electron chi connectivity index (χ2n) is 9.21. The van der Waals surface area contributed by atoms with Gasteiger partial charge in [-0.2, -0.15) is 4.98 Å². The molecule has 0 aliphatic carbocycles. The van der Waals surface area contributed by atoms with Crippen LogP contribution in [-0.4, -0.2) is 68.0 Å². The normalized spacial score (nSPS) is 14.5. The van der Waals surface area contributed by atoms with E-state index in [-0.39, 0.29) is 6.04 Å². The number of halogens is 1. The summed E-state index contributed by atoms with van der Waals surface area (Å²) >= 11 is 5.84. The van der Waals surface area contributed by atoms with E-state index in [1.807, 2.05) is 12.1 Å². The van der Waals surface area contributed by atoms with Gasteiger partial charge in [-0.1, -0.05) is 0 Å². The van der Waals surface area contributed by atoms with E-state index in [1.54, 1.807) is 18.6 Å². The number of benzene rings is 1. The largest absolute Gasteiger partial charge is 0.369 e. The Labute approximate surface area is 216 Å². The predicted octanol–water partition coefficient (Wildman–Crippen LogP) is 5.04. The molecule has 5 rings (SSSR count). The van der Waals surface area contributed by atoms with Crippen LogP contribution in [0, 0.1) is 0 Å². The Bertz CT molecular complexity index is 1270. The van der Waals surface area contributed by atoms with Gasteiger partial charge in [0.1, 0.15) is 5.52 Å². The van der Waals surface area contributed by atoms with E-state index < -0.39 is 0 Å². The molecular weight excluding hydrogens is 474 g/mol. The Morgan fingerprint density at radius 2 is 1.75 bits per heavy atom. The molecule has 0 radical (unpaired) electrons. The predicted molar refractivity (Wildman–Crippen MR) is 147 cm³/mol. The number of nitrogens with zero attached hydrogens (tertiary/aromatic N) is 7. The average Bonchev–Trinajstić information content (AvgIpc) is 3.26. The fourth-order valence-corrected chi connectivity index (χ4v) is 4.61. The van der Waals surface area contributed by atoms with Crippen molar-refractivity contribution in [3.05, 3.63) is 55.0 Å². The van der Waals surface area contributed by atoms with Gasteiger partial charge >= 0.3 is 0 Å². The minimum Gasteiger partial charge on any atom is -0.369 e. The number of aromatic nitrogens is 5. The van der Waals surface area contributed by atoms with Crippen molar-refractivity contribution in [1.82, 2.24) is 29.4 Å². The van der Waals surface area contributed by atoms with Crippen molar-refractivity contribution < 1.29 is 0 Å². The SMILES string of the molecule is CC(C)n1c(Nc2cccnc2)nc2cnc(Nc3ccc(N4CCN(CCCCl)CC4)cc3)nc21. The number of fused-ring (bicyclic) bond motifs is 1. The topological polar surface area (TPSA) is 87.0 Å². The smallest absolute Gasteiger partial charge is 0.229 e. The molecule has 4 heterocycles. The lowest BCUT2D eigenvalue weighted by Gasteiger charge is -2.36. The Balaban J connectivity index is 1.29. The van der Waals surface area contributed by atoms with Gasteiger partial charge in [-0.25, -0.2) is 9.97 Å². The van der Waals surface area contributed by atoms with Gasteiger partial charge in [0, 0.05) is 55.7 Å². The summed E-state index contributed by atoms with van der Waals surface area (Å²) in [5, 5.41) is 6.70. The fraction of sp³-hybridized carbons (Fsp3) is 0.385. The molecule has 1 fully saturated rings. The van der Waals surface area contributed by atoms with E-state index in [4.69, 9.17) is 21.6 Å². The van der Waals surface area contributed by atoms with Gasteiger partial charge in [0.2, 0.25) is 11.9 Å². The van der Waals surface area contributed by atoms with E-state index in [9.17, 15) is 0 Å². The second-order valence-corrected chi connectivity index (χ2v) is 9.59. The standard InChI is InChI=1S/C26H32ClN9/c1-19(2)36-24-23(32-26(36)31-21-5-3-11-28-17-21)18-29-25(33-24)30-20-6-8-22(9-7-20)35-15-13-34(14-16-35)12-4-10-27/h3,5-9,11,17-19H,4,10,12-16H2,1-2H3,(H,31,32)(H,29,30,33). The summed E-state index contributed by atoms with van der Waals surface area (Å²) in [6, 6.07) is 12.5. The molecule has 2 N–H and O–H groups in total. The van der Waals surface area contributed by atoms with Crippen LogP contribution in [0.15, 0.2) is 55.0 Å². The minimum absolute atomic E-state index is 0.159. The summed E-state index contributed by atoms with van der Waals surface area (Å²) in [4.78, 5) is 23.1. The van der Waals surface area contributed by atoms with Crippen molar-refractivity contribution in [1.29, 1.82) is 0 Å². The van der Waals surface area contributed by atoms with Crippen LogP contribution in [0.2, 0.25) is 0 Å². The molecule has 10 heteroatoms. The molecule has 1 aliphatic rings. The molecular formula is C26H32ClN9. The van der Waals surface area contributed by atoms with Gasteiger partial charge in [0.05, 0.1) is 18.1 Å². The third kappa shape index (κ3) is 5.52. The fourth-order valence-electron chi connectivity index (χ4n) is 4.49. The van der Waals surface area contributed by atoms with Crippen LogP contribution in [0.25, 0.3) is 11.2 Å². The van der Waals surface area contributed by atoms with Crippen LogP contribution in [0.1, 0.15) is 26.3 Å². The molecule has 0 amide bonds. The van der Waals surface area contributed by atoms with Gasteiger partial charge in [0.25, 0.3) is 0 Å². The Hall–Kier alpha value is -3.43. The van der Waals surface area contributed by atoms with E-state index in [0.717, 1.165) is 67.6 Å². The van der Waals surface area contributed by atoms with Gasteiger partial charge in [-0.05, 0) is 63.2 Å². The zero-order valence-corrected chi connectivity index (χ0v) is 21.5. The molecule has 188 valence electrons. The first-order valence-electron chi connectivity index (χ1n) is 12.4. The van der Waals surface area contributed by atoms with Crippen LogP contribution < -0.4 is 15.5 Å². The summed E-state index contributed by atoms with van der Waals surface area (Å²) in [6.07, 6.45) is 6.33. The number of hydrogen-bond acceptors (Lipinski definition) is 8. The highest BCUT2D eigenvalue weighted by Gasteiger charge is 2.18. The lowest BCUT2D eigenvalue weighted by atomic mass is 10.2. The summed E-state index contributed by atoms with van der Waals surface area (Å²) in [5.74, 6) is 1.98. The van der Waals surface area contributed by atoms with Gasteiger partial charge in [0.15, 0.2) is 5.65 Å². The van der Waals surface area contributed by atoms with E-state index >= 15 is 0 Å². The number of imidazole rings is 1. The molecule has 0 bridgehead atoms. The highest BCUT2D eigenvalue weighted by Crippen LogP contribution is 2.27. The molecule has 9 nitrogen and oxygen atoms in total. The lowest BCUT2D eigenvalue weighted by Crippen LogP contribution is -2.46. The highest BCUT2D eigenvalue weighted by molar-refractivity contribution is 6.17. The molecule has 1 aromatic carbocycles. The summed E-state index contributed by atoms with van der Waals surface area (Å²) < 4.78 is 2.07. The minimum atomic E-state index is 0.159. The number of nitrogens with one attached hydrogen (secondary N) is 2. The summed E-state index contributed by atoms with van der Waals surface area (Å²) in [5.41, 5.74) is 4.57. The number of hydrogen-bond donors (Lipinski definition) is 2. The summed E-state index contributed by atoms with van der Waals surface area (Å²) in [7, 11) is 0. The maximum Gasteiger partial charge on any atom is 0.229 e. The van der Waals surface area contributed by atoms with Crippen molar-refractivity contribution >= 4 is 51.7 Å². The first kappa shape index (κ1) is 24.3. The quantitative estimate of drug-likeness (QED) is 0.306. The first-order valence-corrected chi connectivity index (χ1v) is 13.0. The van der Waals surface area contributed by atoms with E-state index in [0.29, 0.717) is 11.9 Å². The number of pyridine rings is 1. The monoisotopic (exact) mass is 505 g/mol. The number of alkyl halides is 1. The number of anilines is 5. The molecule has 0 saturated carbocycles. The van der Waals surface area contributed by atoms with Crippen molar-refractivity contribution in [3.8, 4) is 0 Å². The van der Waals surface area contributed by atoms with Crippen LogP contribution in [0.5, 0.6) is 0 Å².